The van der Waals surface area contributed by atoms with Gasteiger partial charge < -0.3 is 30.5 Å². The molecule has 5 atom stereocenters. The molecule has 39 heavy (non-hydrogen) atoms. The summed E-state index contributed by atoms with van der Waals surface area (Å²) in [5.74, 6) is -0.417. The SMILES string of the molecule is CCN(CC)C(=O)OCC1CC(Nc2nc(NCC(F)(F)F)nc(C)c2C2Cc3ccccc3S2)C(O)C1O. The number of aryl methyl sites for hydroxylation is 1. The Bertz CT molecular complexity index is 1140. The molecule has 1 saturated carbocycles. The monoisotopic (exact) mass is 569 g/mol. The summed E-state index contributed by atoms with van der Waals surface area (Å²) in [6.45, 7) is 4.99. The minimum absolute atomic E-state index is 0.0758. The van der Waals surface area contributed by atoms with Crippen LogP contribution in [0.3, 0.4) is 0 Å². The number of thioether (sulfide) groups is 1. The van der Waals surface area contributed by atoms with Gasteiger partial charge in [-0.05, 0) is 45.2 Å². The fourth-order valence-corrected chi connectivity index (χ4v) is 6.47. The Morgan fingerprint density at radius 1 is 1.18 bits per heavy atom. The predicted molar refractivity (Wildman–Crippen MR) is 142 cm³/mol. The minimum Gasteiger partial charge on any atom is -0.449 e. The Kier molecular flexibility index (Phi) is 9.12. The largest absolute Gasteiger partial charge is 0.449 e. The lowest BCUT2D eigenvalue weighted by Gasteiger charge is -2.24. The van der Waals surface area contributed by atoms with Crippen LogP contribution in [0.1, 0.15) is 42.3 Å². The van der Waals surface area contributed by atoms with E-state index in [4.69, 9.17) is 4.74 Å². The van der Waals surface area contributed by atoms with Crippen molar-refractivity contribution in [2.75, 3.05) is 36.9 Å². The van der Waals surface area contributed by atoms with E-state index < -0.39 is 43.0 Å². The first-order chi connectivity index (χ1) is 18.5. The number of nitrogens with one attached hydrogen (secondary N) is 2. The van der Waals surface area contributed by atoms with Gasteiger partial charge in [-0.3, -0.25) is 0 Å². The van der Waals surface area contributed by atoms with Crippen LogP contribution in [-0.4, -0.2) is 81.8 Å². The highest BCUT2D eigenvalue weighted by Gasteiger charge is 2.43. The van der Waals surface area contributed by atoms with Crippen molar-refractivity contribution in [1.82, 2.24) is 14.9 Å². The standard InChI is InChI=1S/C26H34F3N5O4S/c1-4-34(5-2)25(37)38-12-16-10-17(22(36)21(16)35)32-23-20(19-11-15-8-6-7-9-18(15)39-19)14(3)31-24(33-23)30-13-26(27,28)29/h6-9,16-17,19,21-22,35-36H,4-5,10-13H2,1-3H3,(H2,30,31,32,33). The number of aromatic nitrogens is 2. The topological polar surface area (TPSA) is 120 Å². The zero-order valence-corrected chi connectivity index (χ0v) is 22.8. The third kappa shape index (κ3) is 6.87. The van der Waals surface area contributed by atoms with Crippen molar-refractivity contribution >= 4 is 29.6 Å². The first-order valence-electron chi connectivity index (χ1n) is 13.0. The number of hydrogen-bond donors (Lipinski definition) is 4. The summed E-state index contributed by atoms with van der Waals surface area (Å²) >= 11 is 1.62. The van der Waals surface area contributed by atoms with Gasteiger partial charge in [0.25, 0.3) is 0 Å². The van der Waals surface area contributed by atoms with Crippen molar-refractivity contribution in [3.8, 4) is 0 Å². The van der Waals surface area contributed by atoms with Crippen molar-refractivity contribution in [2.45, 2.75) is 68.2 Å². The van der Waals surface area contributed by atoms with E-state index in [2.05, 4.69) is 20.6 Å². The number of hydrogen-bond acceptors (Lipinski definition) is 9. The quantitative estimate of drug-likeness (QED) is 0.353. The molecule has 0 bridgehead atoms. The lowest BCUT2D eigenvalue weighted by molar-refractivity contribution is -0.115. The second-order valence-electron chi connectivity index (χ2n) is 9.76. The molecule has 1 aromatic carbocycles. The number of nitrogens with zero attached hydrogens (tertiary/aromatic N) is 3. The summed E-state index contributed by atoms with van der Waals surface area (Å²) in [4.78, 5) is 23.6. The highest BCUT2D eigenvalue weighted by Crippen LogP contribution is 2.49. The maximum atomic E-state index is 12.9. The van der Waals surface area contributed by atoms with Gasteiger partial charge in [-0.1, -0.05) is 18.2 Å². The number of halogens is 3. The van der Waals surface area contributed by atoms with E-state index >= 15 is 0 Å². The van der Waals surface area contributed by atoms with Crippen LogP contribution in [0.5, 0.6) is 0 Å². The fraction of sp³-hybridized carbons (Fsp3) is 0.577. The Balaban J connectivity index is 1.55. The molecular weight excluding hydrogens is 535 g/mol. The zero-order chi connectivity index (χ0) is 28.3. The molecule has 4 rings (SSSR count). The minimum atomic E-state index is -4.45. The highest BCUT2D eigenvalue weighted by atomic mass is 32.2. The number of fused-ring (bicyclic) bond motifs is 1. The maximum absolute atomic E-state index is 12.9. The van der Waals surface area contributed by atoms with Gasteiger partial charge in [0.15, 0.2) is 0 Å². The first kappa shape index (κ1) is 29.2. The highest BCUT2D eigenvalue weighted by molar-refractivity contribution is 7.99. The number of rotatable bonds is 9. The van der Waals surface area contributed by atoms with Crippen molar-refractivity contribution in [3.05, 3.63) is 41.1 Å². The molecule has 214 valence electrons. The molecule has 0 spiro atoms. The summed E-state index contributed by atoms with van der Waals surface area (Å²) in [7, 11) is 0. The van der Waals surface area contributed by atoms with Crippen LogP contribution in [0.2, 0.25) is 0 Å². The van der Waals surface area contributed by atoms with Crippen molar-refractivity contribution in [2.24, 2.45) is 5.92 Å². The summed E-state index contributed by atoms with van der Waals surface area (Å²) in [5.41, 5.74) is 2.40. The molecule has 0 radical (unpaired) electrons. The first-order valence-corrected chi connectivity index (χ1v) is 13.9. The van der Waals surface area contributed by atoms with Crippen LogP contribution >= 0.6 is 11.8 Å². The van der Waals surface area contributed by atoms with Crippen LogP contribution in [-0.2, 0) is 11.2 Å². The molecule has 2 aliphatic rings. The van der Waals surface area contributed by atoms with E-state index in [9.17, 15) is 28.2 Å². The predicted octanol–water partition coefficient (Wildman–Crippen LogP) is 4.15. The molecule has 1 fully saturated rings. The van der Waals surface area contributed by atoms with Crippen molar-refractivity contribution < 1.29 is 32.9 Å². The number of aliphatic hydroxyl groups is 2. The van der Waals surface area contributed by atoms with Gasteiger partial charge >= 0.3 is 12.3 Å². The summed E-state index contributed by atoms with van der Waals surface area (Å²) in [6.07, 6.45) is -6.36. The number of ether oxygens (including phenoxy) is 1. The van der Waals surface area contributed by atoms with Gasteiger partial charge in [0.05, 0.1) is 18.8 Å². The number of amides is 1. The summed E-state index contributed by atoms with van der Waals surface area (Å²) in [5, 5.41) is 26.9. The molecular formula is C26H34F3N5O4S. The maximum Gasteiger partial charge on any atom is 0.409 e. The molecule has 1 aliphatic carbocycles. The molecule has 1 aliphatic heterocycles. The van der Waals surface area contributed by atoms with Gasteiger partial charge in [0.2, 0.25) is 5.95 Å². The average Bonchev–Trinajstić information content (AvgIpc) is 3.42. The lowest BCUT2D eigenvalue weighted by Crippen LogP contribution is -2.37. The number of aliphatic hydroxyl groups excluding tert-OH is 2. The van der Waals surface area contributed by atoms with Crippen LogP contribution in [0.25, 0.3) is 0 Å². The van der Waals surface area contributed by atoms with Crippen LogP contribution in [0, 0.1) is 12.8 Å². The molecule has 2 heterocycles. The van der Waals surface area contributed by atoms with E-state index in [1.54, 1.807) is 18.7 Å². The third-order valence-electron chi connectivity index (χ3n) is 7.12. The Morgan fingerprint density at radius 2 is 1.90 bits per heavy atom. The second-order valence-corrected chi connectivity index (χ2v) is 11.0. The van der Waals surface area contributed by atoms with Crippen LogP contribution < -0.4 is 10.6 Å². The molecule has 1 aromatic heterocycles. The number of alkyl halides is 3. The van der Waals surface area contributed by atoms with Gasteiger partial charge in [-0.15, -0.1) is 11.8 Å². The lowest BCUT2D eigenvalue weighted by atomic mass is 10.0. The van der Waals surface area contributed by atoms with Crippen LogP contribution in [0.4, 0.5) is 29.7 Å². The molecule has 5 unspecified atom stereocenters. The Hall–Kier alpha value is -2.77. The number of benzene rings is 1. The molecule has 9 nitrogen and oxygen atoms in total. The number of carbonyl (C=O) groups excluding carboxylic acids is 1. The van der Waals surface area contributed by atoms with Crippen molar-refractivity contribution in [1.29, 1.82) is 0 Å². The van der Waals surface area contributed by atoms with Gasteiger partial charge in [-0.25, -0.2) is 9.78 Å². The number of carbonyl (C=O) groups is 1. The Morgan fingerprint density at radius 3 is 2.56 bits per heavy atom. The smallest absolute Gasteiger partial charge is 0.409 e. The van der Waals surface area contributed by atoms with E-state index in [0.717, 1.165) is 16.0 Å². The molecule has 1 amide bonds. The normalized spacial score (nSPS) is 24.4. The van der Waals surface area contributed by atoms with E-state index in [-0.39, 0.29) is 24.2 Å². The fourth-order valence-electron chi connectivity index (χ4n) is 5.04. The molecule has 0 saturated heterocycles. The molecule has 13 heteroatoms. The van der Waals surface area contributed by atoms with E-state index in [0.29, 0.717) is 31.0 Å². The Labute approximate surface area is 229 Å². The van der Waals surface area contributed by atoms with E-state index in [1.807, 2.05) is 38.1 Å². The zero-order valence-electron chi connectivity index (χ0n) is 22.0. The summed E-state index contributed by atoms with van der Waals surface area (Å²) < 4.78 is 44.0. The van der Waals surface area contributed by atoms with Crippen molar-refractivity contribution in [3.63, 3.8) is 0 Å². The van der Waals surface area contributed by atoms with Gasteiger partial charge in [-0.2, -0.15) is 18.2 Å². The van der Waals surface area contributed by atoms with Gasteiger partial charge in [0.1, 0.15) is 18.5 Å². The molecule has 4 N–H and O–H groups in total. The third-order valence-corrected chi connectivity index (χ3v) is 8.46. The van der Waals surface area contributed by atoms with E-state index in [1.165, 1.54) is 4.90 Å². The number of anilines is 2. The average molecular weight is 570 g/mol. The van der Waals surface area contributed by atoms with Gasteiger partial charge in [0, 0.05) is 40.4 Å². The summed E-state index contributed by atoms with van der Waals surface area (Å²) in [6, 6.07) is 7.28. The second kappa shape index (κ2) is 12.2. The molecule has 2 aromatic rings. The van der Waals surface area contributed by atoms with Crippen LogP contribution in [0.15, 0.2) is 29.2 Å².